The third-order valence-electron chi connectivity index (χ3n) is 3.86. The van der Waals surface area contributed by atoms with Crippen LogP contribution in [0.2, 0.25) is 0 Å². The second kappa shape index (κ2) is 6.00. The fourth-order valence-corrected chi connectivity index (χ4v) is 3.02. The molecule has 1 rings (SSSR count). The van der Waals surface area contributed by atoms with E-state index in [-0.39, 0.29) is 17.5 Å². The van der Waals surface area contributed by atoms with Crippen LogP contribution in [0.3, 0.4) is 0 Å². The molecule has 102 valence electrons. The van der Waals surface area contributed by atoms with Crippen LogP contribution in [0.5, 0.6) is 0 Å². The quantitative estimate of drug-likeness (QED) is 0.778. The molecule has 3 nitrogen and oxygen atoms in total. The minimum Gasteiger partial charge on any atom is -0.497 e. The fourth-order valence-electron chi connectivity index (χ4n) is 2.29. The Labute approximate surface area is 117 Å². The molecule has 0 aromatic rings. The Bertz CT molecular complexity index is 387. The van der Waals surface area contributed by atoms with E-state index in [1.807, 2.05) is 13.8 Å². The molecule has 0 aromatic heterocycles. The van der Waals surface area contributed by atoms with Crippen molar-refractivity contribution >= 4 is 27.5 Å². The first-order chi connectivity index (χ1) is 8.32. The van der Waals surface area contributed by atoms with Gasteiger partial charge in [-0.2, -0.15) is 0 Å². The van der Waals surface area contributed by atoms with E-state index in [4.69, 9.17) is 4.74 Å². The molecular weight excluding hydrogens is 296 g/mol. The molecule has 4 heteroatoms. The van der Waals surface area contributed by atoms with Crippen molar-refractivity contribution in [3.8, 4) is 0 Å². The van der Waals surface area contributed by atoms with E-state index >= 15 is 0 Å². The molecule has 1 aliphatic carbocycles. The number of allylic oxidation sites excluding steroid dienone is 2. The SMILES string of the molecule is CCOC1=C(Br)C(=O)[C@@](C)(CCC(C)=O)[C@H](C)C1. The van der Waals surface area contributed by atoms with Crippen molar-refractivity contribution in [3.05, 3.63) is 10.2 Å². The van der Waals surface area contributed by atoms with E-state index in [9.17, 15) is 9.59 Å². The lowest BCUT2D eigenvalue weighted by Gasteiger charge is -2.38. The summed E-state index contributed by atoms with van der Waals surface area (Å²) in [6, 6.07) is 0. The lowest BCUT2D eigenvalue weighted by molar-refractivity contribution is -0.128. The summed E-state index contributed by atoms with van der Waals surface area (Å²) in [6.45, 7) is 8.04. The summed E-state index contributed by atoms with van der Waals surface area (Å²) >= 11 is 3.35. The predicted molar refractivity (Wildman–Crippen MR) is 74.4 cm³/mol. The fraction of sp³-hybridized carbons (Fsp3) is 0.714. The van der Waals surface area contributed by atoms with Gasteiger partial charge in [0.2, 0.25) is 0 Å². The second-order valence-electron chi connectivity index (χ2n) is 5.22. The zero-order chi connectivity index (χ0) is 13.9. The minimum atomic E-state index is -0.467. The summed E-state index contributed by atoms with van der Waals surface area (Å²) in [5.41, 5.74) is -0.467. The maximum Gasteiger partial charge on any atom is 0.179 e. The van der Waals surface area contributed by atoms with E-state index < -0.39 is 5.41 Å². The molecule has 2 atom stereocenters. The number of carbonyl (C=O) groups excluding carboxylic acids is 2. The van der Waals surface area contributed by atoms with Gasteiger partial charge in [0.05, 0.1) is 11.1 Å². The highest BCUT2D eigenvalue weighted by molar-refractivity contribution is 9.12. The van der Waals surface area contributed by atoms with Crippen LogP contribution in [0.4, 0.5) is 0 Å². The second-order valence-corrected chi connectivity index (χ2v) is 6.02. The number of Topliss-reactive ketones (excluding diaryl/α,β-unsaturated/α-hetero) is 2. The summed E-state index contributed by atoms with van der Waals surface area (Å²) in [5, 5.41) is 0. The zero-order valence-electron chi connectivity index (χ0n) is 11.5. The van der Waals surface area contributed by atoms with Gasteiger partial charge in [0.25, 0.3) is 0 Å². The average molecular weight is 317 g/mol. The summed E-state index contributed by atoms with van der Waals surface area (Å²) in [6.07, 6.45) is 1.81. The van der Waals surface area contributed by atoms with Gasteiger partial charge in [-0.05, 0) is 42.1 Å². The smallest absolute Gasteiger partial charge is 0.179 e. The average Bonchev–Trinajstić information content (AvgIpc) is 2.31. The Hall–Kier alpha value is -0.640. The van der Waals surface area contributed by atoms with Crippen LogP contribution >= 0.6 is 15.9 Å². The van der Waals surface area contributed by atoms with Crippen molar-refractivity contribution in [3.63, 3.8) is 0 Å². The van der Waals surface area contributed by atoms with Gasteiger partial charge in [0.15, 0.2) is 5.78 Å². The maximum atomic E-state index is 12.5. The van der Waals surface area contributed by atoms with E-state index in [0.29, 0.717) is 23.9 Å². The van der Waals surface area contributed by atoms with Crippen molar-refractivity contribution in [1.82, 2.24) is 0 Å². The molecule has 18 heavy (non-hydrogen) atoms. The topological polar surface area (TPSA) is 43.4 Å². The number of carbonyl (C=O) groups is 2. The van der Waals surface area contributed by atoms with Gasteiger partial charge in [-0.15, -0.1) is 0 Å². The molecule has 0 amide bonds. The van der Waals surface area contributed by atoms with Crippen molar-refractivity contribution in [1.29, 1.82) is 0 Å². The van der Waals surface area contributed by atoms with E-state index in [1.54, 1.807) is 6.92 Å². The minimum absolute atomic E-state index is 0.0611. The first kappa shape index (κ1) is 15.4. The number of halogens is 1. The Balaban J connectivity index is 2.96. The molecule has 1 aliphatic rings. The molecule has 0 unspecified atom stereocenters. The van der Waals surface area contributed by atoms with Crippen molar-refractivity contribution < 1.29 is 14.3 Å². The third-order valence-corrected chi connectivity index (χ3v) is 4.66. The van der Waals surface area contributed by atoms with Gasteiger partial charge >= 0.3 is 0 Å². The highest BCUT2D eigenvalue weighted by Gasteiger charge is 2.44. The van der Waals surface area contributed by atoms with Gasteiger partial charge in [0, 0.05) is 18.3 Å². The van der Waals surface area contributed by atoms with Crippen LogP contribution < -0.4 is 0 Å². The summed E-state index contributed by atoms with van der Waals surface area (Å²) in [4.78, 5) is 23.6. The normalized spacial score (nSPS) is 28.5. The molecule has 0 fully saturated rings. The molecule has 0 radical (unpaired) electrons. The first-order valence-electron chi connectivity index (χ1n) is 6.38. The van der Waals surface area contributed by atoms with E-state index in [0.717, 1.165) is 12.2 Å². The van der Waals surface area contributed by atoms with Crippen LogP contribution in [-0.4, -0.2) is 18.2 Å². The van der Waals surface area contributed by atoms with Crippen molar-refractivity contribution in [2.45, 2.75) is 47.0 Å². The van der Waals surface area contributed by atoms with E-state index in [1.165, 1.54) is 0 Å². The van der Waals surface area contributed by atoms with Gasteiger partial charge in [-0.1, -0.05) is 13.8 Å². The van der Waals surface area contributed by atoms with Crippen LogP contribution in [0.15, 0.2) is 10.2 Å². The third kappa shape index (κ3) is 3.02. The molecule has 0 saturated carbocycles. The molecule has 0 bridgehead atoms. The molecular formula is C14H21BrO3. The Morgan fingerprint density at radius 2 is 2.17 bits per heavy atom. The van der Waals surface area contributed by atoms with Crippen molar-refractivity contribution in [2.24, 2.45) is 11.3 Å². The predicted octanol–water partition coefficient (Wildman–Crippen LogP) is 3.61. The molecule has 0 aliphatic heterocycles. The number of ketones is 2. The van der Waals surface area contributed by atoms with Gasteiger partial charge in [0.1, 0.15) is 11.5 Å². The molecule has 0 saturated heterocycles. The summed E-state index contributed by atoms with van der Waals surface area (Å²) in [5.74, 6) is 1.13. The van der Waals surface area contributed by atoms with Crippen LogP contribution in [0, 0.1) is 11.3 Å². The lowest BCUT2D eigenvalue weighted by Crippen LogP contribution is -2.39. The van der Waals surface area contributed by atoms with Gasteiger partial charge in [-0.3, -0.25) is 4.79 Å². The molecule has 0 N–H and O–H groups in total. The van der Waals surface area contributed by atoms with E-state index in [2.05, 4.69) is 22.9 Å². The van der Waals surface area contributed by atoms with Crippen LogP contribution in [0.1, 0.15) is 47.0 Å². The Morgan fingerprint density at radius 3 is 2.67 bits per heavy atom. The number of ether oxygens (including phenoxy) is 1. The number of hydrogen-bond donors (Lipinski definition) is 0. The Morgan fingerprint density at radius 1 is 1.56 bits per heavy atom. The van der Waals surface area contributed by atoms with Gasteiger partial charge in [-0.25, -0.2) is 0 Å². The lowest BCUT2D eigenvalue weighted by atomic mass is 9.67. The first-order valence-corrected chi connectivity index (χ1v) is 7.18. The highest BCUT2D eigenvalue weighted by Crippen LogP contribution is 2.45. The van der Waals surface area contributed by atoms with Gasteiger partial charge < -0.3 is 9.53 Å². The van der Waals surface area contributed by atoms with Crippen molar-refractivity contribution in [2.75, 3.05) is 6.61 Å². The largest absolute Gasteiger partial charge is 0.497 e. The van der Waals surface area contributed by atoms with Crippen LogP contribution in [-0.2, 0) is 14.3 Å². The maximum absolute atomic E-state index is 12.5. The molecule has 0 aromatic carbocycles. The monoisotopic (exact) mass is 316 g/mol. The van der Waals surface area contributed by atoms with Crippen LogP contribution in [0.25, 0.3) is 0 Å². The summed E-state index contributed by atoms with van der Waals surface area (Å²) in [7, 11) is 0. The molecule has 0 spiro atoms. The zero-order valence-corrected chi connectivity index (χ0v) is 13.1. The highest BCUT2D eigenvalue weighted by atomic mass is 79.9. The number of rotatable bonds is 5. The number of hydrogen-bond acceptors (Lipinski definition) is 3. The summed E-state index contributed by atoms with van der Waals surface area (Å²) < 4.78 is 6.05. The Kier molecular flexibility index (Phi) is 5.14. The standard InChI is InChI=1S/C14H21BrO3/c1-5-18-11-8-9(2)14(4,7-6-10(3)16)13(17)12(11)15/h9H,5-8H2,1-4H3/t9-,14+/m1/s1. The molecule has 0 heterocycles.